The quantitative estimate of drug-likeness (QED) is 0.218. The number of nitrogens with zero attached hydrogens (tertiary/aromatic N) is 3. The topological polar surface area (TPSA) is 51.8 Å². The molecule has 2 heterocycles. The highest BCUT2D eigenvalue weighted by Gasteiger charge is 2.17. The zero-order valence-corrected chi connectivity index (χ0v) is 21.8. The molecule has 0 saturated carbocycles. The van der Waals surface area contributed by atoms with E-state index in [9.17, 15) is 0 Å². The van der Waals surface area contributed by atoms with Gasteiger partial charge in [0, 0.05) is 31.9 Å². The fraction of sp³-hybridized carbons (Fsp3) is 0. The van der Waals surface area contributed by atoms with Gasteiger partial charge in [-0.05, 0) is 41.5 Å². The molecule has 0 aliphatic heterocycles. The molecule has 38 heavy (non-hydrogen) atoms. The van der Waals surface area contributed by atoms with E-state index in [0.717, 1.165) is 54.2 Å². The second-order valence-electron chi connectivity index (χ2n) is 9.04. The third-order valence-electron chi connectivity index (χ3n) is 6.59. The van der Waals surface area contributed by atoms with E-state index in [1.54, 1.807) is 0 Å². The maximum atomic E-state index is 6.14. The Morgan fingerprint density at radius 2 is 1.08 bits per heavy atom. The predicted octanol–water partition coefficient (Wildman–Crippen LogP) is 9.20. The van der Waals surface area contributed by atoms with Gasteiger partial charge < -0.3 is 4.42 Å². The van der Waals surface area contributed by atoms with Gasteiger partial charge in [-0.3, -0.25) is 0 Å². The maximum Gasteiger partial charge on any atom is 0.164 e. The molecule has 7 aromatic rings. The van der Waals surface area contributed by atoms with E-state index in [1.165, 1.54) is 0 Å². The van der Waals surface area contributed by atoms with Crippen molar-refractivity contribution in [3.05, 3.63) is 126 Å². The first-order valence-electron chi connectivity index (χ1n) is 12.3. The van der Waals surface area contributed by atoms with Crippen LogP contribution in [0.25, 0.3) is 67.2 Å². The Morgan fingerprint density at radius 3 is 1.92 bits per heavy atom. The molecule has 0 aliphatic carbocycles. The summed E-state index contributed by atoms with van der Waals surface area (Å²) in [6, 6.07) is 40.7. The number of fused-ring (bicyclic) bond motifs is 3. The van der Waals surface area contributed by atoms with Crippen LogP contribution in [0.3, 0.4) is 0 Å². The van der Waals surface area contributed by atoms with Gasteiger partial charge in [-0.1, -0.05) is 107 Å². The molecule has 0 unspecified atom stereocenters. The smallest absolute Gasteiger partial charge is 0.164 e. The summed E-state index contributed by atoms with van der Waals surface area (Å²) in [4.78, 5) is 14.9. The lowest BCUT2D eigenvalue weighted by atomic mass is 10.0. The molecule has 0 radical (unpaired) electrons. The molecule has 2 aromatic heterocycles. The minimum Gasteiger partial charge on any atom is -0.456 e. The summed E-state index contributed by atoms with van der Waals surface area (Å²) >= 11 is 3.59. The van der Waals surface area contributed by atoms with Crippen molar-refractivity contribution in [1.29, 1.82) is 0 Å². The zero-order chi connectivity index (χ0) is 25.5. The number of rotatable bonds is 4. The Balaban J connectivity index is 1.46. The normalized spacial score (nSPS) is 11.3. The van der Waals surface area contributed by atoms with Gasteiger partial charge in [-0.15, -0.1) is 0 Å². The SMILES string of the molecule is Brc1cccc(-c2cccc(-c3nc(-c4ccccc4)nc(-c4cccc5oc6ccccc6c45)n3)c2)c1. The minimum absolute atomic E-state index is 0.610. The minimum atomic E-state index is 0.610. The molecule has 0 bridgehead atoms. The highest BCUT2D eigenvalue weighted by Crippen LogP contribution is 2.36. The lowest BCUT2D eigenvalue weighted by molar-refractivity contribution is 0.669. The van der Waals surface area contributed by atoms with Crippen molar-refractivity contribution in [2.24, 2.45) is 0 Å². The summed E-state index contributed by atoms with van der Waals surface area (Å²) in [6.07, 6.45) is 0. The van der Waals surface area contributed by atoms with Crippen LogP contribution in [-0.2, 0) is 0 Å². The van der Waals surface area contributed by atoms with Crippen LogP contribution < -0.4 is 0 Å². The first-order valence-corrected chi connectivity index (χ1v) is 13.1. The first kappa shape index (κ1) is 22.6. The van der Waals surface area contributed by atoms with E-state index in [0.29, 0.717) is 17.5 Å². The molecular formula is C33H20BrN3O. The summed E-state index contributed by atoms with van der Waals surface area (Å²) in [6.45, 7) is 0. The summed E-state index contributed by atoms with van der Waals surface area (Å²) in [5.74, 6) is 1.86. The number of para-hydroxylation sites is 1. The Labute approximate surface area is 227 Å². The molecule has 0 N–H and O–H groups in total. The van der Waals surface area contributed by atoms with Crippen molar-refractivity contribution in [2.45, 2.75) is 0 Å². The van der Waals surface area contributed by atoms with Gasteiger partial charge in [0.2, 0.25) is 0 Å². The molecule has 0 saturated heterocycles. The molecule has 0 amide bonds. The standard InChI is InChI=1S/C33H20BrN3O/c34-25-14-7-12-23(20-25)22-11-6-13-24(19-22)32-35-31(21-9-2-1-3-10-21)36-33(37-32)27-16-8-18-29-30(27)26-15-4-5-17-28(26)38-29/h1-20H. The molecule has 5 heteroatoms. The maximum absolute atomic E-state index is 6.14. The summed E-state index contributed by atoms with van der Waals surface area (Å²) < 4.78 is 7.18. The zero-order valence-electron chi connectivity index (χ0n) is 20.2. The van der Waals surface area contributed by atoms with E-state index >= 15 is 0 Å². The number of halogens is 1. The number of hydrogen-bond acceptors (Lipinski definition) is 4. The fourth-order valence-corrected chi connectivity index (χ4v) is 5.21. The van der Waals surface area contributed by atoms with Crippen molar-refractivity contribution in [3.8, 4) is 45.3 Å². The highest BCUT2D eigenvalue weighted by molar-refractivity contribution is 9.10. The number of benzene rings is 5. The molecule has 0 aliphatic rings. The lowest BCUT2D eigenvalue weighted by Gasteiger charge is -2.10. The van der Waals surface area contributed by atoms with Gasteiger partial charge in [0.25, 0.3) is 0 Å². The van der Waals surface area contributed by atoms with Crippen molar-refractivity contribution < 1.29 is 4.42 Å². The van der Waals surface area contributed by atoms with E-state index in [-0.39, 0.29) is 0 Å². The van der Waals surface area contributed by atoms with Crippen LogP contribution >= 0.6 is 15.9 Å². The molecule has 0 spiro atoms. The Bertz CT molecular complexity index is 1950. The van der Waals surface area contributed by atoms with Crippen molar-refractivity contribution in [2.75, 3.05) is 0 Å². The Morgan fingerprint density at radius 1 is 0.474 bits per heavy atom. The molecular weight excluding hydrogens is 534 g/mol. The van der Waals surface area contributed by atoms with Crippen LogP contribution in [0.15, 0.2) is 130 Å². The summed E-state index contributed by atoms with van der Waals surface area (Å²) in [5, 5.41) is 2.04. The fourth-order valence-electron chi connectivity index (χ4n) is 4.81. The molecule has 4 nitrogen and oxygen atoms in total. The number of hydrogen-bond donors (Lipinski definition) is 0. The Kier molecular flexibility index (Phi) is 5.56. The van der Waals surface area contributed by atoms with Crippen LogP contribution in [0.1, 0.15) is 0 Å². The highest BCUT2D eigenvalue weighted by atomic mass is 79.9. The van der Waals surface area contributed by atoms with Crippen LogP contribution in [-0.4, -0.2) is 15.0 Å². The second kappa shape index (κ2) is 9.36. The van der Waals surface area contributed by atoms with E-state index in [1.807, 2.05) is 84.9 Å². The molecule has 7 rings (SSSR count). The van der Waals surface area contributed by atoms with E-state index in [2.05, 4.69) is 52.3 Å². The van der Waals surface area contributed by atoms with Gasteiger partial charge in [-0.2, -0.15) is 0 Å². The van der Waals surface area contributed by atoms with Crippen LogP contribution in [0, 0.1) is 0 Å². The first-order chi connectivity index (χ1) is 18.7. The van der Waals surface area contributed by atoms with Crippen LogP contribution in [0.5, 0.6) is 0 Å². The predicted molar refractivity (Wildman–Crippen MR) is 157 cm³/mol. The average molecular weight is 554 g/mol. The molecule has 180 valence electrons. The van der Waals surface area contributed by atoms with Crippen molar-refractivity contribution in [1.82, 2.24) is 15.0 Å². The molecule has 5 aromatic carbocycles. The lowest BCUT2D eigenvalue weighted by Crippen LogP contribution is -2.00. The third-order valence-corrected chi connectivity index (χ3v) is 7.08. The Hall–Kier alpha value is -4.61. The van der Waals surface area contributed by atoms with Crippen molar-refractivity contribution >= 4 is 37.9 Å². The van der Waals surface area contributed by atoms with Gasteiger partial charge in [-0.25, -0.2) is 15.0 Å². The largest absolute Gasteiger partial charge is 0.456 e. The van der Waals surface area contributed by atoms with Crippen LogP contribution in [0.2, 0.25) is 0 Å². The van der Waals surface area contributed by atoms with Crippen LogP contribution in [0.4, 0.5) is 0 Å². The van der Waals surface area contributed by atoms with Crippen molar-refractivity contribution in [3.63, 3.8) is 0 Å². The van der Waals surface area contributed by atoms with Gasteiger partial charge >= 0.3 is 0 Å². The van der Waals surface area contributed by atoms with E-state index < -0.39 is 0 Å². The number of aromatic nitrogens is 3. The average Bonchev–Trinajstić information content (AvgIpc) is 3.36. The van der Waals surface area contributed by atoms with Gasteiger partial charge in [0.15, 0.2) is 17.5 Å². The summed E-state index contributed by atoms with van der Waals surface area (Å²) in [7, 11) is 0. The molecule has 0 fully saturated rings. The van der Waals surface area contributed by atoms with E-state index in [4.69, 9.17) is 19.4 Å². The number of furan rings is 1. The second-order valence-corrected chi connectivity index (χ2v) is 9.96. The monoisotopic (exact) mass is 553 g/mol. The third kappa shape index (κ3) is 4.07. The van der Waals surface area contributed by atoms with Gasteiger partial charge in [0.05, 0.1) is 0 Å². The summed E-state index contributed by atoms with van der Waals surface area (Å²) in [5.41, 5.74) is 6.63. The van der Waals surface area contributed by atoms with Gasteiger partial charge in [0.1, 0.15) is 11.2 Å². The molecule has 0 atom stereocenters.